The van der Waals surface area contributed by atoms with Gasteiger partial charge in [0.25, 0.3) is 0 Å². The fraction of sp³-hybridized carbons (Fsp3) is 0.562. The summed E-state index contributed by atoms with van der Waals surface area (Å²) >= 11 is 0. The number of methoxy groups -OCH3 is 1. The van der Waals surface area contributed by atoms with E-state index in [9.17, 15) is 4.79 Å². The number of benzene rings is 1. The second-order valence-electron chi connectivity index (χ2n) is 5.84. The Kier molecular flexibility index (Phi) is 4.78. The van der Waals surface area contributed by atoms with Crippen LogP contribution in [0.3, 0.4) is 0 Å². The summed E-state index contributed by atoms with van der Waals surface area (Å²) in [5, 5.41) is 0. The van der Waals surface area contributed by atoms with Crippen LogP contribution in [0.5, 0.6) is 0 Å². The van der Waals surface area contributed by atoms with Crippen molar-refractivity contribution in [2.75, 3.05) is 20.2 Å². The molecule has 1 fully saturated rings. The minimum atomic E-state index is -0.147. The van der Waals surface area contributed by atoms with Crippen molar-refractivity contribution >= 4 is 5.97 Å². The number of carbonyl (C=O) groups excluding carboxylic acids is 1. The largest absolute Gasteiger partial charge is 0.469 e. The lowest BCUT2D eigenvalue weighted by Crippen LogP contribution is -2.48. The van der Waals surface area contributed by atoms with Crippen molar-refractivity contribution in [3.8, 4) is 0 Å². The molecule has 4 nitrogen and oxygen atoms in total. The molecule has 2 atom stereocenters. The van der Waals surface area contributed by atoms with E-state index in [1.54, 1.807) is 0 Å². The molecule has 1 heterocycles. The van der Waals surface area contributed by atoms with Gasteiger partial charge in [-0.1, -0.05) is 23.8 Å². The Hall–Kier alpha value is -1.39. The van der Waals surface area contributed by atoms with Crippen LogP contribution in [0.2, 0.25) is 0 Å². The molecule has 2 rings (SSSR count). The van der Waals surface area contributed by atoms with E-state index >= 15 is 0 Å². The molecular formula is C16H24N2O2. The molecule has 110 valence electrons. The fourth-order valence-electron chi connectivity index (χ4n) is 2.96. The van der Waals surface area contributed by atoms with E-state index in [1.807, 2.05) is 0 Å². The van der Waals surface area contributed by atoms with Gasteiger partial charge in [-0.15, -0.1) is 0 Å². The molecule has 4 heteroatoms. The molecule has 0 saturated carbocycles. The number of carbonyl (C=O) groups is 1. The van der Waals surface area contributed by atoms with Crippen molar-refractivity contribution in [3.05, 3.63) is 34.9 Å². The molecule has 2 unspecified atom stereocenters. The van der Waals surface area contributed by atoms with Gasteiger partial charge in [0.2, 0.25) is 0 Å². The predicted octanol–water partition coefficient (Wildman–Crippen LogP) is 1.63. The Morgan fingerprint density at radius 2 is 2.15 bits per heavy atom. The lowest BCUT2D eigenvalue weighted by atomic mass is 9.94. The van der Waals surface area contributed by atoms with Gasteiger partial charge in [-0.25, -0.2) is 0 Å². The molecular weight excluding hydrogens is 252 g/mol. The number of hydrogen-bond donors (Lipinski definition) is 1. The number of piperidine rings is 1. The highest BCUT2D eigenvalue weighted by atomic mass is 16.5. The lowest BCUT2D eigenvalue weighted by Gasteiger charge is -2.35. The molecule has 0 radical (unpaired) electrons. The van der Waals surface area contributed by atoms with Crippen LogP contribution < -0.4 is 5.73 Å². The summed E-state index contributed by atoms with van der Waals surface area (Å²) in [4.78, 5) is 14.0. The summed E-state index contributed by atoms with van der Waals surface area (Å²) in [5.41, 5.74) is 9.94. The second kappa shape index (κ2) is 6.37. The van der Waals surface area contributed by atoms with Gasteiger partial charge < -0.3 is 10.5 Å². The molecule has 0 amide bonds. The van der Waals surface area contributed by atoms with Crippen LogP contribution in [-0.4, -0.2) is 37.1 Å². The number of esters is 1. The van der Waals surface area contributed by atoms with Crippen LogP contribution in [0.15, 0.2) is 18.2 Å². The summed E-state index contributed by atoms with van der Waals surface area (Å²) < 4.78 is 4.85. The monoisotopic (exact) mass is 276 g/mol. The van der Waals surface area contributed by atoms with Crippen LogP contribution in [-0.2, 0) is 16.1 Å². The molecule has 0 spiro atoms. The van der Waals surface area contributed by atoms with Gasteiger partial charge in [0.15, 0.2) is 0 Å². The summed E-state index contributed by atoms with van der Waals surface area (Å²) in [5.74, 6) is -0.250. The van der Waals surface area contributed by atoms with Crippen molar-refractivity contribution < 1.29 is 9.53 Å². The smallest absolute Gasteiger partial charge is 0.310 e. The Balaban J connectivity index is 2.06. The summed E-state index contributed by atoms with van der Waals surface area (Å²) in [7, 11) is 1.44. The zero-order valence-corrected chi connectivity index (χ0v) is 12.6. The number of nitrogens with zero attached hydrogens (tertiary/aromatic N) is 1. The Morgan fingerprint density at radius 3 is 2.80 bits per heavy atom. The van der Waals surface area contributed by atoms with Crippen LogP contribution >= 0.6 is 0 Å². The highest BCUT2D eigenvalue weighted by Crippen LogP contribution is 2.20. The SMILES string of the molecule is COC(=O)C1CC(N)CN(Cc2ccc(C)cc2C)C1. The van der Waals surface area contributed by atoms with Crippen molar-refractivity contribution in [2.24, 2.45) is 11.7 Å². The third-order valence-corrected chi connectivity index (χ3v) is 3.99. The van der Waals surface area contributed by atoms with Crippen LogP contribution in [0.4, 0.5) is 0 Å². The van der Waals surface area contributed by atoms with Gasteiger partial charge in [0.1, 0.15) is 0 Å². The third kappa shape index (κ3) is 3.58. The van der Waals surface area contributed by atoms with Crippen molar-refractivity contribution in [3.63, 3.8) is 0 Å². The van der Waals surface area contributed by atoms with Crippen LogP contribution in [0.25, 0.3) is 0 Å². The second-order valence-corrected chi connectivity index (χ2v) is 5.84. The van der Waals surface area contributed by atoms with E-state index in [2.05, 4.69) is 36.9 Å². The number of ether oxygens (including phenoxy) is 1. The molecule has 1 aromatic rings. The Bertz CT molecular complexity index is 487. The topological polar surface area (TPSA) is 55.6 Å². The van der Waals surface area contributed by atoms with Gasteiger partial charge in [-0.2, -0.15) is 0 Å². The summed E-state index contributed by atoms with van der Waals surface area (Å²) in [6, 6.07) is 6.53. The first-order valence-corrected chi connectivity index (χ1v) is 7.11. The highest BCUT2D eigenvalue weighted by Gasteiger charge is 2.30. The van der Waals surface area contributed by atoms with E-state index in [1.165, 1.54) is 23.8 Å². The first-order chi connectivity index (χ1) is 9.49. The normalized spacial score (nSPS) is 23.6. The molecule has 0 aromatic heterocycles. The first kappa shape index (κ1) is 15.0. The molecule has 1 saturated heterocycles. The zero-order chi connectivity index (χ0) is 14.7. The number of likely N-dealkylation sites (tertiary alicyclic amines) is 1. The Labute approximate surface area is 120 Å². The summed E-state index contributed by atoms with van der Waals surface area (Å²) in [6.07, 6.45) is 0.718. The molecule has 1 aromatic carbocycles. The average Bonchev–Trinajstić information content (AvgIpc) is 2.40. The lowest BCUT2D eigenvalue weighted by molar-refractivity contribution is -0.147. The van der Waals surface area contributed by atoms with Crippen molar-refractivity contribution in [1.29, 1.82) is 0 Å². The number of aryl methyl sites for hydroxylation is 2. The maximum atomic E-state index is 11.7. The quantitative estimate of drug-likeness (QED) is 0.853. The molecule has 1 aliphatic rings. The predicted molar refractivity (Wildman–Crippen MR) is 79.3 cm³/mol. The van der Waals surface area contributed by atoms with Crippen molar-refractivity contribution in [2.45, 2.75) is 32.9 Å². The third-order valence-electron chi connectivity index (χ3n) is 3.99. The molecule has 1 aliphatic heterocycles. The highest BCUT2D eigenvalue weighted by molar-refractivity contribution is 5.72. The minimum Gasteiger partial charge on any atom is -0.469 e. The fourth-order valence-corrected chi connectivity index (χ4v) is 2.96. The number of nitrogens with two attached hydrogens (primary N) is 1. The maximum absolute atomic E-state index is 11.7. The molecule has 20 heavy (non-hydrogen) atoms. The van der Waals surface area contributed by atoms with Gasteiger partial charge >= 0.3 is 5.97 Å². The standard InChI is InChI=1S/C16H24N2O2/c1-11-4-5-13(12(2)6-11)8-18-9-14(16(19)20-3)7-15(17)10-18/h4-6,14-15H,7-10,17H2,1-3H3. The van der Waals surface area contributed by atoms with Crippen LogP contribution in [0, 0.1) is 19.8 Å². The van der Waals surface area contributed by atoms with Gasteiger partial charge in [-0.3, -0.25) is 9.69 Å². The minimum absolute atomic E-state index is 0.0404. The van der Waals surface area contributed by atoms with E-state index in [4.69, 9.17) is 10.5 Å². The zero-order valence-electron chi connectivity index (χ0n) is 12.6. The van der Waals surface area contributed by atoms with E-state index in [0.29, 0.717) is 0 Å². The summed E-state index contributed by atoms with van der Waals surface area (Å²) in [6.45, 7) is 6.63. The van der Waals surface area contributed by atoms with E-state index < -0.39 is 0 Å². The molecule has 2 N–H and O–H groups in total. The molecule has 0 bridgehead atoms. The van der Waals surface area contributed by atoms with Crippen molar-refractivity contribution in [1.82, 2.24) is 4.90 Å². The van der Waals surface area contributed by atoms with E-state index in [-0.39, 0.29) is 17.9 Å². The van der Waals surface area contributed by atoms with Gasteiger partial charge in [0, 0.05) is 25.7 Å². The van der Waals surface area contributed by atoms with Crippen LogP contribution in [0.1, 0.15) is 23.1 Å². The maximum Gasteiger partial charge on any atom is 0.310 e. The molecule has 0 aliphatic carbocycles. The number of rotatable bonds is 3. The Morgan fingerprint density at radius 1 is 1.40 bits per heavy atom. The van der Waals surface area contributed by atoms with E-state index in [0.717, 1.165) is 26.1 Å². The van der Waals surface area contributed by atoms with Gasteiger partial charge in [0.05, 0.1) is 13.0 Å². The number of hydrogen-bond acceptors (Lipinski definition) is 4. The average molecular weight is 276 g/mol. The first-order valence-electron chi connectivity index (χ1n) is 7.11. The van der Waals surface area contributed by atoms with Gasteiger partial charge in [-0.05, 0) is 31.4 Å².